The summed E-state index contributed by atoms with van der Waals surface area (Å²) in [6, 6.07) is 13.9. The molecule has 8 heteroatoms. The van der Waals surface area contributed by atoms with Crippen molar-refractivity contribution in [3.63, 3.8) is 0 Å². The minimum Gasteiger partial charge on any atom is -0.492 e. The number of aryl methyl sites for hydroxylation is 1. The zero-order valence-corrected chi connectivity index (χ0v) is 16.3. The van der Waals surface area contributed by atoms with Crippen LogP contribution in [0.5, 0.6) is 5.75 Å². The highest BCUT2D eigenvalue weighted by Gasteiger charge is 2.17. The lowest BCUT2D eigenvalue weighted by Gasteiger charge is -2.09. The predicted molar refractivity (Wildman–Crippen MR) is 110 cm³/mol. The first kappa shape index (κ1) is 19.6. The van der Waals surface area contributed by atoms with Crippen LogP contribution in [0.1, 0.15) is 22.6 Å². The molecule has 0 radical (unpaired) electrons. The maximum absolute atomic E-state index is 12.5. The van der Waals surface area contributed by atoms with E-state index in [9.17, 15) is 14.4 Å². The number of esters is 1. The number of nitrogens with one attached hydrogen (secondary N) is 1. The van der Waals surface area contributed by atoms with Crippen molar-refractivity contribution in [3.05, 3.63) is 70.3 Å². The summed E-state index contributed by atoms with van der Waals surface area (Å²) < 4.78 is 12.2. The summed E-state index contributed by atoms with van der Waals surface area (Å²) in [4.78, 5) is 41.1. The third-order valence-corrected chi connectivity index (χ3v) is 4.82. The van der Waals surface area contributed by atoms with Gasteiger partial charge in [0.2, 0.25) is 0 Å². The second-order valence-corrected chi connectivity index (χ2v) is 6.91. The Morgan fingerprint density at radius 3 is 2.80 bits per heavy atom. The standard InChI is InChI=1S/C22H21N3O5/c26-20(23-10-12-29-16-5-2-1-3-6-16)14-30-22(28)15-8-9-17-18(13-15)24-19-7-4-11-25(19)21(17)27/h1-3,5-6,8-9,13H,4,7,10-12,14H2,(H,23,26). The Balaban J connectivity index is 1.29. The van der Waals surface area contributed by atoms with Crippen molar-refractivity contribution in [1.82, 2.24) is 14.9 Å². The summed E-state index contributed by atoms with van der Waals surface area (Å²) in [5.74, 6) is 0.383. The summed E-state index contributed by atoms with van der Waals surface area (Å²) in [6.45, 7) is 0.870. The van der Waals surface area contributed by atoms with E-state index in [1.807, 2.05) is 30.3 Å². The molecule has 0 bridgehead atoms. The van der Waals surface area contributed by atoms with E-state index in [0.29, 0.717) is 36.3 Å². The zero-order chi connectivity index (χ0) is 20.9. The van der Waals surface area contributed by atoms with Crippen LogP contribution < -0.4 is 15.6 Å². The molecule has 3 aromatic rings. The van der Waals surface area contributed by atoms with Crippen molar-refractivity contribution >= 4 is 22.8 Å². The molecule has 4 rings (SSSR count). The monoisotopic (exact) mass is 407 g/mol. The smallest absolute Gasteiger partial charge is 0.338 e. The average Bonchev–Trinajstić information content (AvgIpc) is 3.24. The van der Waals surface area contributed by atoms with Crippen LogP contribution in [-0.4, -0.2) is 41.2 Å². The van der Waals surface area contributed by atoms with Crippen molar-refractivity contribution in [2.75, 3.05) is 19.8 Å². The molecule has 1 amide bonds. The number of amides is 1. The molecule has 0 saturated heterocycles. The lowest BCUT2D eigenvalue weighted by Crippen LogP contribution is -2.32. The Bertz CT molecular complexity index is 1140. The maximum atomic E-state index is 12.5. The number of carbonyl (C=O) groups excluding carboxylic acids is 2. The Labute approximate surface area is 172 Å². The number of benzene rings is 2. The van der Waals surface area contributed by atoms with Crippen LogP contribution in [-0.2, 0) is 22.5 Å². The number of ether oxygens (including phenoxy) is 2. The number of para-hydroxylation sites is 1. The summed E-state index contributed by atoms with van der Waals surface area (Å²) in [5.41, 5.74) is 0.618. The Morgan fingerprint density at radius 1 is 1.13 bits per heavy atom. The molecular weight excluding hydrogens is 386 g/mol. The topological polar surface area (TPSA) is 99.5 Å². The predicted octanol–water partition coefficient (Wildman–Crippen LogP) is 1.69. The fourth-order valence-electron chi connectivity index (χ4n) is 3.35. The van der Waals surface area contributed by atoms with Gasteiger partial charge in [-0.25, -0.2) is 9.78 Å². The first-order valence-electron chi connectivity index (χ1n) is 9.77. The molecule has 0 aliphatic carbocycles. The Hall–Kier alpha value is -3.68. The zero-order valence-electron chi connectivity index (χ0n) is 16.3. The highest BCUT2D eigenvalue weighted by atomic mass is 16.5. The maximum Gasteiger partial charge on any atom is 0.338 e. The number of hydrogen-bond acceptors (Lipinski definition) is 6. The summed E-state index contributed by atoms with van der Waals surface area (Å²) >= 11 is 0. The van der Waals surface area contributed by atoms with Crippen LogP contribution >= 0.6 is 0 Å². The second kappa shape index (κ2) is 8.77. The van der Waals surface area contributed by atoms with Crippen LogP contribution in [0.3, 0.4) is 0 Å². The van der Waals surface area contributed by atoms with Gasteiger partial charge in [-0.05, 0) is 36.8 Å². The van der Waals surface area contributed by atoms with Crippen LogP contribution in [0, 0.1) is 0 Å². The normalized spacial score (nSPS) is 12.4. The molecule has 8 nitrogen and oxygen atoms in total. The largest absolute Gasteiger partial charge is 0.492 e. The molecule has 1 aromatic heterocycles. The Kier molecular flexibility index (Phi) is 5.74. The summed E-state index contributed by atoms with van der Waals surface area (Å²) in [6.07, 6.45) is 1.63. The highest BCUT2D eigenvalue weighted by Crippen LogP contribution is 2.16. The van der Waals surface area contributed by atoms with E-state index in [0.717, 1.165) is 18.7 Å². The van der Waals surface area contributed by atoms with Crippen molar-refractivity contribution in [2.24, 2.45) is 0 Å². The number of hydrogen-bond donors (Lipinski definition) is 1. The fraction of sp³-hybridized carbons (Fsp3) is 0.273. The van der Waals surface area contributed by atoms with E-state index in [1.165, 1.54) is 12.1 Å². The van der Waals surface area contributed by atoms with Gasteiger partial charge in [0, 0.05) is 13.0 Å². The molecular formula is C22H21N3O5. The Morgan fingerprint density at radius 2 is 1.97 bits per heavy atom. The minimum atomic E-state index is -0.644. The van der Waals surface area contributed by atoms with Gasteiger partial charge in [-0.3, -0.25) is 14.2 Å². The quantitative estimate of drug-likeness (QED) is 0.473. The molecule has 2 aromatic carbocycles. The molecule has 2 heterocycles. The van der Waals surface area contributed by atoms with Gasteiger partial charge in [-0.1, -0.05) is 18.2 Å². The van der Waals surface area contributed by atoms with Crippen LogP contribution in [0.2, 0.25) is 0 Å². The van der Waals surface area contributed by atoms with Crippen molar-refractivity contribution < 1.29 is 19.1 Å². The molecule has 0 fully saturated rings. The lowest BCUT2D eigenvalue weighted by molar-refractivity contribution is -0.124. The van der Waals surface area contributed by atoms with E-state index in [1.54, 1.807) is 10.6 Å². The van der Waals surface area contributed by atoms with Crippen molar-refractivity contribution in [1.29, 1.82) is 0 Å². The summed E-state index contributed by atoms with van der Waals surface area (Å²) in [7, 11) is 0. The molecule has 0 unspecified atom stereocenters. The third-order valence-electron chi connectivity index (χ3n) is 4.82. The van der Waals surface area contributed by atoms with Gasteiger partial charge >= 0.3 is 5.97 Å². The first-order valence-corrected chi connectivity index (χ1v) is 9.77. The fourth-order valence-corrected chi connectivity index (χ4v) is 3.35. The van der Waals surface area contributed by atoms with Crippen LogP contribution in [0.4, 0.5) is 0 Å². The second-order valence-electron chi connectivity index (χ2n) is 6.91. The molecule has 1 aliphatic rings. The number of carbonyl (C=O) groups is 2. The molecule has 1 N–H and O–H groups in total. The van der Waals surface area contributed by atoms with Crippen molar-refractivity contribution in [2.45, 2.75) is 19.4 Å². The van der Waals surface area contributed by atoms with Crippen LogP contribution in [0.25, 0.3) is 10.9 Å². The number of nitrogens with zero attached hydrogens (tertiary/aromatic N) is 2. The molecule has 0 saturated carbocycles. The third kappa shape index (κ3) is 4.32. The molecule has 30 heavy (non-hydrogen) atoms. The molecule has 154 valence electrons. The van der Waals surface area contributed by atoms with E-state index in [4.69, 9.17) is 9.47 Å². The van der Waals surface area contributed by atoms with Gasteiger partial charge in [0.1, 0.15) is 18.2 Å². The number of aromatic nitrogens is 2. The average molecular weight is 407 g/mol. The van der Waals surface area contributed by atoms with Gasteiger partial charge in [0.05, 0.1) is 23.0 Å². The minimum absolute atomic E-state index is 0.0930. The number of fused-ring (bicyclic) bond motifs is 2. The lowest BCUT2D eigenvalue weighted by atomic mass is 10.1. The van der Waals surface area contributed by atoms with Gasteiger partial charge in [0.25, 0.3) is 11.5 Å². The number of rotatable bonds is 7. The van der Waals surface area contributed by atoms with Crippen LogP contribution in [0.15, 0.2) is 53.3 Å². The first-order chi connectivity index (χ1) is 14.6. The SMILES string of the molecule is O=C(COC(=O)c1ccc2c(=O)n3c(nc2c1)CCC3)NCCOc1ccccc1. The molecule has 1 aliphatic heterocycles. The molecule has 0 spiro atoms. The van der Waals surface area contributed by atoms with Crippen molar-refractivity contribution in [3.8, 4) is 5.75 Å². The van der Waals surface area contributed by atoms with Gasteiger partial charge in [0.15, 0.2) is 6.61 Å². The van der Waals surface area contributed by atoms with E-state index in [-0.39, 0.29) is 11.1 Å². The summed E-state index contributed by atoms with van der Waals surface area (Å²) in [5, 5.41) is 3.09. The van der Waals surface area contributed by atoms with E-state index >= 15 is 0 Å². The van der Waals surface area contributed by atoms with Gasteiger partial charge in [-0.15, -0.1) is 0 Å². The molecule has 0 atom stereocenters. The van der Waals surface area contributed by atoms with E-state index < -0.39 is 18.5 Å². The van der Waals surface area contributed by atoms with Gasteiger partial charge < -0.3 is 14.8 Å². The van der Waals surface area contributed by atoms with Gasteiger partial charge in [-0.2, -0.15) is 0 Å². The van der Waals surface area contributed by atoms with E-state index in [2.05, 4.69) is 10.3 Å². The highest BCUT2D eigenvalue weighted by molar-refractivity contribution is 5.95.